The molecule has 0 spiro atoms. The highest BCUT2D eigenvalue weighted by molar-refractivity contribution is 5.69. The van der Waals surface area contributed by atoms with Gasteiger partial charge < -0.3 is 28.4 Å². The van der Waals surface area contributed by atoms with E-state index in [0.29, 0.717) is 25.7 Å². The molecule has 3 atom stereocenters. The standard InChI is InChI=1S/C50H84O10/c1-5-7-9-11-13-15-17-19-21-23-25-27-29-31-33-35-48(53)56-39-45(41-58-50-38-46(59-44(4)52)37-47(60-50)42-55-43(3)51)40-57-49(54)36-34-32-30-28-26-24-22-20-18-16-14-12-10-8-6-2/h13-16,19-22,45-47,50H,5-12,17-18,23-42H2,1-4H3/b15-13-,16-14-,21-19-,22-20-/t46?,47-,50?/m0/s1. The van der Waals surface area contributed by atoms with Gasteiger partial charge in [0.05, 0.1) is 31.8 Å². The van der Waals surface area contributed by atoms with Crippen LogP contribution in [0.25, 0.3) is 0 Å². The molecule has 2 unspecified atom stereocenters. The maximum absolute atomic E-state index is 12.7. The number of allylic oxidation sites excluding steroid dienone is 8. The van der Waals surface area contributed by atoms with Crippen LogP contribution in [0.5, 0.6) is 0 Å². The molecule has 0 radical (unpaired) electrons. The number of rotatable bonds is 38. The molecule has 0 saturated carbocycles. The average Bonchev–Trinajstić information content (AvgIpc) is 3.22. The van der Waals surface area contributed by atoms with E-state index in [-0.39, 0.29) is 38.4 Å². The largest absolute Gasteiger partial charge is 0.465 e. The van der Waals surface area contributed by atoms with Crippen molar-refractivity contribution in [3.8, 4) is 0 Å². The molecule has 0 aromatic carbocycles. The smallest absolute Gasteiger partial charge is 0.305 e. The van der Waals surface area contributed by atoms with E-state index in [1.165, 1.54) is 65.2 Å². The molecule has 0 N–H and O–H groups in total. The van der Waals surface area contributed by atoms with Gasteiger partial charge in [-0.15, -0.1) is 0 Å². The van der Waals surface area contributed by atoms with Gasteiger partial charge >= 0.3 is 23.9 Å². The maximum Gasteiger partial charge on any atom is 0.305 e. The lowest BCUT2D eigenvalue weighted by molar-refractivity contribution is -0.234. The number of carbonyl (C=O) groups is 4. The van der Waals surface area contributed by atoms with Crippen LogP contribution in [0.1, 0.15) is 195 Å². The Morgan fingerprint density at radius 2 is 0.983 bits per heavy atom. The van der Waals surface area contributed by atoms with Crippen molar-refractivity contribution in [2.24, 2.45) is 5.92 Å². The minimum Gasteiger partial charge on any atom is -0.465 e. The van der Waals surface area contributed by atoms with Crippen LogP contribution in [0.2, 0.25) is 0 Å². The lowest BCUT2D eigenvalue weighted by Crippen LogP contribution is -2.42. The van der Waals surface area contributed by atoms with Gasteiger partial charge in [0.25, 0.3) is 0 Å². The summed E-state index contributed by atoms with van der Waals surface area (Å²) in [4.78, 5) is 48.5. The lowest BCUT2D eigenvalue weighted by Gasteiger charge is -2.35. The molecule has 344 valence electrons. The van der Waals surface area contributed by atoms with Crippen LogP contribution >= 0.6 is 0 Å². The van der Waals surface area contributed by atoms with Crippen molar-refractivity contribution in [3.63, 3.8) is 0 Å². The summed E-state index contributed by atoms with van der Waals surface area (Å²) in [6.45, 7) is 7.28. The van der Waals surface area contributed by atoms with Crippen molar-refractivity contribution in [3.05, 3.63) is 48.6 Å². The Labute approximate surface area is 364 Å². The predicted octanol–water partition coefficient (Wildman–Crippen LogP) is 12.3. The van der Waals surface area contributed by atoms with E-state index in [1.807, 2.05) is 0 Å². The molecule has 0 aromatic rings. The number of carbonyl (C=O) groups excluding carboxylic acids is 4. The molecule has 10 heteroatoms. The minimum absolute atomic E-state index is 0.00789. The molecule has 1 rings (SSSR count). The molecule has 1 heterocycles. The van der Waals surface area contributed by atoms with Crippen molar-refractivity contribution in [1.82, 2.24) is 0 Å². The van der Waals surface area contributed by atoms with E-state index in [9.17, 15) is 19.2 Å². The van der Waals surface area contributed by atoms with Crippen LogP contribution in [0.15, 0.2) is 48.6 Å². The molecule has 0 amide bonds. The van der Waals surface area contributed by atoms with Gasteiger partial charge in [-0.2, -0.15) is 0 Å². The van der Waals surface area contributed by atoms with E-state index in [1.54, 1.807) is 0 Å². The summed E-state index contributed by atoms with van der Waals surface area (Å²) in [7, 11) is 0. The molecule has 0 aliphatic carbocycles. The number of unbranched alkanes of at least 4 members (excludes halogenated alkanes) is 16. The molecule has 0 bridgehead atoms. The fourth-order valence-electron chi connectivity index (χ4n) is 6.80. The van der Waals surface area contributed by atoms with Crippen molar-refractivity contribution in [1.29, 1.82) is 0 Å². The molecule has 1 saturated heterocycles. The Kier molecular flexibility index (Phi) is 36.4. The molecular formula is C50H84O10. The fraction of sp³-hybridized carbons (Fsp3) is 0.760. The average molecular weight is 845 g/mol. The summed E-state index contributed by atoms with van der Waals surface area (Å²) in [6.07, 6.45) is 42.1. The summed E-state index contributed by atoms with van der Waals surface area (Å²) in [5, 5.41) is 0. The third-order valence-corrected chi connectivity index (χ3v) is 10.3. The first-order valence-corrected chi connectivity index (χ1v) is 23.7. The first-order valence-electron chi connectivity index (χ1n) is 23.7. The van der Waals surface area contributed by atoms with Gasteiger partial charge in [0.2, 0.25) is 0 Å². The van der Waals surface area contributed by atoms with Gasteiger partial charge in [0, 0.05) is 39.5 Å². The van der Waals surface area contributed by atoms with Crippen LogP contribution < -0.4 is 0 Å². The number of esters is 4. The highest BCUT2D eigenvalue weighted by atomic mass is 16.7. The summed E-state index contributed by atoms with van der Waals surface area (Å²) in [5.74, 6) is -1.85. The quantitative estimate of drug-likeness (QED) is 0.0257. The molecule has 1 aliphatic heterocycles. The van der Waals surface area contributed by atoms with Gasteiger partial charge in [0.15, 0.2) is 6.29 Å². The Morgan fingerprint density at radius 3 is 1.43 bits per heavy atom. The highest BCUT2D eigenvalue weighted by Gasteiger charge is 2.33. The number of ether oxygens (including phenoxy) is 6. The zero-order valence-corrected chi connectivity index (χ0v) is 38.2. The second-order valence-corrected chi connectivity index (χ2v) is 16.2. The van der Waals surface area contributed by atoms with Crippen LogP contribution in [0.4, 0.5) is 0 Å². The Morgan fingerprint density at radius 1 is 0.533 bits per heavy atom. The Hall–Kier alpha value is -3.24. The molecule has 10 nitrogen and oxygen atoms in total. The van der Waals surface area contributed by atoms with Crippen molar-refractivity contribution >= 4 is 23.9 Å². The minimum atomic E-state index is -0.752. The molecular weight excluding hydrogens is 761 g/mol. The van der Waals surface area contributed by atoms with Crippen LogP contribution in [0.3, 0.4) is 0 Å². The normalized spacial score (nSPS) is 17.1. The van der Waals surface area contributed by atoms with Crippen LogP contribution in [-0.4, -0.2) is 68.8 Å². The van der Waals surface area contributed by atoms with Gasteiger partial charge in [-0.25, -0.2) is 0 Å². The van der Waals surface area contributed by atoms with Crippen LogP contribution in [0, 0.1) is 5.92 Å². The molecule has 0 aromatic heterocycles. The van der Waals surface area contributed by atoms with Gasteiger partial charge in [-0.3, -0.25) is 19.2 Å². The topological polar surface area (TPSA) is 124 Å². The van der Waals surface area contributed by atoms with Crippen molar-refractivity contribution in [2.45, 2.75) is 213 Å². The lowest BCUT2D eigenvalue weighted by atomic mass is 10.1. The highest BCUT2D eigenvalue weighted by Crippen LogP contribution is 2.24. The number of hydrogen-bond donors (Lipinski definition) is 0. The maximum atomic E-state index is 12.7. The SMILES string of the molecule is CCCCC/C=C\C/C=C\CCCCCCCC(=O)OCC(COC(=O)CCCCCCC/C=C\C/C=C\CCCCC)COC1CC(OC(C)=O)C[C@@H](COC(C)=O)O1. The van der Waals surface area contributed by atoms with E-state index < -0.39 is 36.4 Å². The van der Waals surface area contributed by atoms with Crippen molar-refractivity contribution in [2.75, 3.05) is 26.4 Å². The summed E-state index contributed by atoms with van der Waals surface area (Å²) in [6, 6.07) is 0. The monoisotopic (exact) mass is 845 g/mol. The first kappa shape index (κ1) is 54.8. The third kappa shape index (κ3) is 35.5. The first-order chi connectivity index (χ1) is 29.2. The summed E-state index contributed by atoms with van der Waals surface area (Å²) in [5.41, 5.74) is 0. The van der Waals surface area contributed by atoms with E-state index in [0.717, 1.165) is 89.9 Å². The Bertz CT molecular complexity index is 1150. The number of hydrogen-bond acceptors (Lipinski definition) is 10. The van der Waals surface area contributed by atoms with Gasteiger partial charge in [-0.05, 0) is 77.0 Å². The van der Waals surface area contributed by atoms with Crippen LogP contribution in [-0.2, 0) is 47.6 Å². The second-order valence-electron chi connectivity index (χ2n) is 16.2. The summed E-state index contributed by atoms with van der Waals surface area (Å²) >= 11 is 0. The molecule has 1 aliphatic rings. The summed E-state index contributed by atoms with van der Waals surface area (Å²) < 4.78 is 34.0. The fourth-order valence-corrected chi connectivity index (χ4v) is 6.80. The zero-order chi connectivity index (χ0) is 43.7. The van der Waals surface area contributed by atoms with Gasteiger partial charge in [0.1, 0.15) is 12.7 Å². The van der Waals surface area contributed by atoms with E-state index >= 15 is 0 Å². The zero-order valence-electron chi connectivity index (χ0n) is 38.2. The third-order valence-electron chi connectivity index (χ3n) is 10.3. The Balaban J connectivity index is 2.47. The predicted molar refractivity (Wildman–Crippen MR) is 240 cm³/mol. The van der Waals surface area contributed by atoms with E-state index in [2.05, 4.69) is 62.5 Å². The second kappa shape index (κ2) is 39.9. The van der Waals surface area contributed by atoms with Gasteiger partial charge in [-0.1, -0.05) is 127 Å². The molecule has 1 fully saturated rings. The van der Waals surface area contributed by atoms with E-state index in [4.69, 9.17) is 28.4 Å². The van der Waals surface area contributed by atoms with Crippen molar-refractivity contribution < 1.29 is 47.6 Å². The molecule has 60 heavy (non-hydrogen) atoms.